The second-order valence-electron chi connectivity index (χ2n) is 4.81. The van der Waals surface area contributed by atoms with Crippen molar-refractivity contribution in [3.8, 4) is 0 Å². The SMILES string of the molecule is Cn1cc(CCCNC(=O)C(N)c2ccccc2)cn1. The predicted molar refractivity (Wildman–Crippen MR) is 77.9 cm³/mol. The lowest BCUT2D eigenvalue weighted by Crippen LogP contribution is -2.34. The van der Waals surface area contributed by atoms with E-state index in [9.17, 15) is 4.79 Å². The summed E-state index contributed by atoms with van der Waals surface area (Å²) in [5, 5.41) is 6.97. The molecule has 1 aromatic heterocycles. The van der Waals surface area contributed by atoms with Crippen molar-refractivity contribution in [1.29, 1.82) is 0 Å². The Balaban J connectivity index is 1.72. The summed E-state index contributed by atoms with van der Waals surface area (Å²) in [6, 6.07) is 8.78. The first-order valence-electron chi connectivity index (χ1n) is 6.72. The Morgan fingerprint density at radius 3 is 2.80 bits per heavy atom. The van der Waals surface area contributed by atoms with E-state index < -0.39 is 6.04 Å². The number of aryl methyl sites for hydroxylation is 2. The molecule has 0 aliphatic rings. The van der Waals surface area contributed by atoms with E-state index in [1.165, 1.54) is 5.56 Å². The highest BCUT2D eigenvalue weighted by Crippen LogP contribution is 2.09. The average molecular weight is 272 g/mol. The highest BCUT2D eigenvalue weighted by atomic mass is 16.2. The van der Waals surface area contributed by atoms with Crippen molar-refractivity contribution < 1.29 is 4.79 Å². The van der Waals surface area contributed by atoms with Crippen LogP contribution in [0.2, 0.25) is 0 Å². The summed E-state index contributed by atoms with van der Waals surface area (Å²) in [5.74, 6) is -0.137. The first-order valence-corrected chi connectivity index (χ1v) is 6.72. The van der Waals surface area contributed by atoms with Crippen LogP contribution in [0.3, 0.4) is 0 Å². The maximum absolute atomic E-state index is 11.9. The molecule has 1 unspecified atom stereocenters. The fourth-order valence-corrected chi connectivity index (χ4v) is 2.03. The summed E-state index contributed by atoms with van der Waals surface area (Å²) in [6.07, 6.45) is 5.60. The third kappa shape index (κ3) is 3.93. The van der Waals surface area contributed by atoms with E-state index in [0.717, 1.165) is 18.4 Å². The van der Waals surface area contributed by atoms with E-state index in [2.05, 4.69) is 10.4 Å². The van der Waals surface area contributed by atoms with Gasteiger partial charge in [0.1, 0.15) is 6.04 Å². The number of hydrogen-bond donors (Lipinski definition) is 2. The number of carbonyl (C=O) groups excluding carboxylic acids is 1. The van der Waals surface area contributed by atoms with Crippen molar-refractivity contribution in [3.05, 3.63) is 53.9 Å². The van der Waals surface area contributed by atoms with Crippen LogP contribution in [0.25, 0.3) is 0 Å². The molecule has 0 aliphatic carbocycles. The monoisotopic (exact) mass is 272 g/mol. The lowest BCUT2D eigenvalue weighted by molar-refractivity contribution is -0.122. The Labute approximate surface area is 118 Å². The van der Waals surface area contributed by atoms with E-state index >= 15 is 0 Å². The van der Waals surface area contributed by atoms with Gasteiger partial charge in [-0.3, -0.25) is 9.48 Å². The van der Waals surface area contributed by atoms with Crippen LogP contribution in [-0.2, 0) is 18.3 Å². The van der Waals surface area contributed by atoms with Crippen LogP contribution in [0.1, 0.15) is 23.6 Å². The Bertz CT molecular complexity index is 550. The molecule has 20 heavy (non-hydrogen) atoms. The van der Waals surface area contributed by atoms with Crippen molar-refractivity contribution >= 4 is 5.91 Å². The molecule has 1 amide bonds. The molecule has 2 aromatic rings. The minimum absolute atomic E-state index is 0.137. The van der Waals surface area contributed by atoms with Crippen molar-refractivity contribution in [3.63, 3.8) is 0 Å². The lowest BCUT2D eigenvalue weighted by atomic mass is 10.1. The lowest BCUT2D eigenvalue weighted by Gasteiger charge is -2.12. The molecule has 5 nitrogen and oxygen atoms in total. The number of benzene rings is 1. The van der Waals surface area contributed by atoms with E-state index in [0.29, 0.717) is 6.54 Å². The highest BCUT2D eigenvalue weighted by molar-refractivity contribution is 5.82. The summed E-state index contributed by atoms with van der Waals surface area (Å²) in [7, 11) is 1.89. The van der Waals surface area contributed by atoms with Crippen LogP contribution >= 0.6 is 0 Å². The Morgan fingerprint density at radius 1 is 1.40 bits per heavy atom. The zero-order chi connectivity index (χ0) is 14.4. The van der Waals surface area contributed by atoms with Crippen molar-refractivity contribution in [2.24, 2.45) is 12.8 Å². The third-order valence-corrected chi connectivity index (χ3v) is 3.14. The van der Waals surface area contributed by atoms with Crippen LogP contribution in [0.15, 0.2) is 42.7 Å². The van der Waals surface area contributed by atoms with Gasteiger partial charge in [-0.05, 0) is 24.0 Å². The molecule has 0 fully saturated rings. The van der Waals surface area contributed by atoms with Gasteiger partial charge in [0.2, 0.25) is 5.91 Å². The molecule has 0 bridgehead atoms. The predicted octanol–water partition coefficient (Wildman–Crippen LogP) is 1.17. The molecule has 5 heteroatoms. The zero-order valence-corrected chi connectivity index (χ0v) is 11.6. The molecule has 0 spiro atoms. The van der Waals surface area contributed by atoms with Crippen molar-refractivity contribution in [2.75, 3.05) is 6.54 Å². The molecular formula is C15H20N4O. The number of rotatable bonds is 6. The number of aromatic nitrogens is 2. The minimum atomic E-state index is -0.602. The third-order valence-electron chi connectivity index (χ3n) is 3.14. The van der Waals surface area contributed by atoms with E-state index in [1.54, 1.807) is 4.68 Å². The van der Waals surface area contributed by atoms with Crippen LogP contribution in [0.5, 0.6) is 0 Å². The number of amides is 1. The van der Waals surface area contributed by atoms with Gasteiger partial charge in [-0.1, -0.05) is 30.3 Å². The molecule has 0 saturated heterocycles. The van der Waals surface area contributed by atoms with Gasteiger partial charge in [0.25, 0.3) is 0 Å². The molecule has 0 aliphatic heterocycles. The van der Waals surface area contributed by atoms with Crippen LogP contribution in [0.4, 0.5) is 0 Å². The fraction of sp³-hybridized carbons (Fsp3) is 0.333. The Kier molecular flexibility index (Phi) is 4.90. The van der Waals surface area contributed by atoms with Gasteiger partial charge in [0.05, 0.1) is 6.20 Å². The molecule has 0 radical (unpaired) electrons. The standard InChI is InChI=1S/C15H20N4O/c1-19-11-12(10-18-19)6-5-9-17-15(20)14(16)13-7-3-2-4-8-13/h2-4,7-8,10-11,14H,5-6,9,16H2,1H3,(H,17,20). The summed E-state index contributed by atoms with van der Waals surface area (Å²) < 4.78 is 1.78. The van der Waals surface area contributed by atoms with Crippen LogP contribution in [0, 0.1) is 0 Å². The number of nitrogens with zero attached hydrogens (tertiary/aromatic N) is 2. The van der Waals surface area contributed by atoms with Gasteiger partial charge in [0, 0.05) is 19.8 Å². The van der Waals surface area contributed by atoms with Crippen LogP contribution < -0.4 is 11.1 Å². The molecule has 1 heterocycles. The first kappa shape index (κ1) is 14.3. The van der Waals surface area contributed by atoms with Gasteiger partial charge >= 0.3 is 0 Å². The molecule has 1 atom stereocenters. The number of nitrogens with one attached hydrogen (secondary N) is 1. The smallest absolute Gasteiger partial charge is 0.241 e. The second-order valence-corrected chi connectivity index (χ2v) is 4.81. The maximum atomic E-state index is 11.9. The number of hydrogen-bond acceptors (Lipinski definition) is 3. The Morgan fingerprint density at radius 2 is 2.15 bits per heavy atom. The normalized spacial score (nSPS) is 12.1. The molecular weight excluding hydrogens is 252 g/mol. The van der Waals surface area contributed by atoms with Gasteiger partial charge in [-0.2, -0.15) is 5.10 Å². The van der Waals surface area contributed by atoms with Gasteiger partial charge in [0.15, 0.2) is 0 Å². The first-order chi connectivity index (χ1) is 9.66. The van der Waals surface area contributed by atoms with E-state index in [4.69, 9.17) is 5.73 Å². The average Bonchev–Trinajstić information content (AvgIpc) is 2.89. The molecule has 3 N–H and O–H groups in total. The highest BCUT2D eigenvalue weighted by Gasteiger charge is 2.14. The molecule has 0 saturated carbocycles. The summed E-state index contributed by atoms with van der Waals surface area (Å²) in [5.41, 5.74) is 7.92. The van der Waals surface area contributed by atoms with Gasteiger partial charge < -0.3 is 11.1 Å². The Hall–Kier alpha value is -2.14. The zero-order valence-electron chi connectivity index (χ0n) is 11.6. The number of nitrogens with two attached hydrogens (primary N) is 1. The molecule has 106 valence electrons. The van der Waals surface area contributed by atoms with Crippen LogP contribution in [-0.4, -0.2) is 22.2 Å². The van der Waals surface area contributed by atoms with Gasteiger partial charge in [-0.15, -0.1) is 0 Å². The quantitative estimate of drug-likeness (QED) is 0.775. The summed E-state index contributed by atoms with van der Waals surface area (Å²) >= 11 is 0. The van der Waals surface area contributed by atoms with E-state index in [1.807, 2.05) is 49.8 Å². The fourth-order valence-electron chi connectivity index (χ4n) is 2.03. The number of carbonyl (C=O) groups is 1. The minimum Gasteiger partial charge on any atom is -0.354 e. The topological polar surface area (TPSA) is 72.9 Å². The molecule has 1 aromatic carbocycles. The van der Waals surface area contributed by atoms with Crippen molar-refractivity contribution in [2.45, 2.75) is 18.9 Å². The summed E-state index contributed by atoms with van der Waals surface area (Å²) in [6.45, 7) is 0.619. The van der Waals surface area contributed by atoms with Gasteiger partial charge in [-0.25, -0.2) is 0 Å². The van der Waals surface area contributed by atoms with Crippen molar-refractivity contribution in [1.82, 2.24) is 15.1 Å². The summed E-state index contributed by atoms with van der Waals surface area (Å²) in [4.78, 5) is 11.9. The largest absolute Gasteiger partial charge is 0.354 e. The molecule has 2 rings (SSSR count). The maximum Gasteiger partial charge on any atom is 0.241 e. The second kappa shape index (κ2) is 6.86. The van der Waals surface area contributed by atoms with E-state index in [-0.39, 0.29) is 5.91 Å².